The third-order valence-corrected chi connectivity index (χ3v) is 12.3. The zero-order valence-electron chi connectivity index (χ0n) is 22.1. The number of hydrogen-bond acceptors (Lipinski definition) is 2. The van der Waals surface area contributed by atoms with Crippen LogP contribution in [0.4, 0.5) is 0 Å². The highest BCUT2D eigenvalue weighted by Gasteiger charge is 2.40. The molecular formula is C29H38N2O2Si2+2. The SMILES string of the molecule is Cc1cccc2c1OC[N+]([Si](C)(C)C)=C2.Cc1cccc2c1OC[N+]([Si](C)(C)c1ccccc1)=C2. The van der Waals surface area contributed by atoms with Crippen molar-refractivity contribution in [2.24, 2.45) is 0 Å². The van der Waals surface area contributed by atoms with Crippen molar-refractivity contribution in [1.82, 2.24) is 0 Å². The number of para-hydroxylation sites is 2. The van der Waals surface area contributed by atoms with Crippen LogP contribution in [0.1, 0.15) is 22.3 Å². The Bertz CT molecular complexity index is 1280. The smallest absolute Gasteiger partial charge is 0.387 e. The van der Waals surface area contributed by atoms with E-state index in [4.69, 9.17) is 9.47 Å². The molecule has 0 atom stereocenters. The van der Waals surface area contributed by atoms with E-state index < -0.39 is 16.5 Å². The zero-order valence-corrected chi connectivity index (χ0v) is 24.1. The molecule has 2 aliphatic heterocycles. The van der Waals surface area contributed by atoms with Crippen molar-refractivity contribution in [1.29, 1.82) is 0 Å². The maximum atomic E-state index is 6.00. The molecule has 0 spiro atoms. The molecule has 35 heavy (non-hydrogen) atoms. The molecule has 0 saturated carbocycles. The van der Waals surface area contributed by atoms with Gasteiger partial charge in [0.15, 0.2) is 12.4 Å². The van der Waals surface area contributed by atoms with Crippen LogP contribution in [0.5, 0.6) is 11.5 Å². The van der Waals surface area contributed by atoms with Crippen molar-refractivity contribution in [2.75, 3.05) is 13.5 Å². The normalized spacial score (nSPS) is 14.7. The molecule has 3 aromatic rings. The van der Waals surface area contributed by atoms with Crippen LogP contribution in [0.3, 0.4) is 0 Å². The second-order valence-electron chi connectivity index (χ2n) is 10.8. The summed E-state index contributed by atoms with van der Waals surface area (Å²) in [6.45, 7) is 17.2. The fourth-order valence-corrected chi connectivity index (χ4v) is 7.52. The third kappa shape index (κ3) is 5.49. The largest absolute Gasteiger partial charge is 0.437 e. The third-order valence-electron chi connectivity index (χ3n) is 6.83. The summed E-state index contributed by atoms with van der Waals surface area (Å²) in [7, 11) is -3.00. The molecule has 4 nitrogen and oxygen atoms in total. The first-order chi connectivity index (χ1) is 16.6. The lowest BCUT2D eigenvalue weighted by Gasteiger charge is -2.24. The molecule has 2 aliphatic rings. The fraction of sp³-hybridized carbons (Fsp3) is 0.310. The van der Waals surface area contributed by atoms with Gasteiger partial charge in [0.1, 0.15) is 11.5 Å². The van der Waals surface area contributed by atoms with Crippen LogP contribution in [0.2, 0.25) is 32.7 Å². The summed E-state index contributed by atoms with van der Waals surface area (Å²) in [5.41, 5.74) is 4.83. The lowest BCUT2D eigenvalue weighted by atomic mass is 10.1. The first-order valence-electron chi connectivity index (χ1n) is 12.3. The van der Waals surface area contributed by atoms with Gasteiger partial charge in [-0.3, -0.25) is 8.48 Å². The van der Waals surface area contributed by atoms with Gasteiger partial charge in [-0.1, -0.05) is 54.6 Å². The van der Waals surface area contributed by atoms with E-state index in [1.165, 1.54) is 27.4 Å². The van der Waals surface area contributed by atoms with Crippen LogP contribution in [-0.2, 0) is 0 Å². The van der Waals surface area contributed by atoms with E-state index in [2.05, 4.69) is 134 Å². The Kier molecular flexibility index (Phi) is 7.15. The summed E-state index contributed by atoms with van der Waals surface area (Å²) in [6.07, 6.45) is 4.52. The molecule has 0 radical (unpaired) electrons. The molecule has 0 unspecified atom stereocenters. The van der Waals surface area contributed by atoms with Crippen LogP contribution in [-0.4, -0.2) is 50.8 Å². The standard InChI is InChI=1S/C17H20NOSi.C12H18NOSi/c1-14-8-7-9-15-12-18(13-19-17(14)15)20(2,3)16-10-5-4-6-11-16;1-10-6-5-7-11-8-13(15(2,3)4)9-14-12(10)11/h4-12H,13H2,1-3H3;5-8H,9H2,1-4H3/q2*+1. The second kappa shape index (κ2) is 9.95. The number of benzene rings is 3. The maximum absolute atomic E-state index is 6.00. The van der Waals surface area contributed by atoms with Crippen LogP contribution >= 0.6 is 0 Å². The molecule has 0 aromatic heterocycles. The van der Waals surface area contributed by atoms with Gasteiger partial charge in [-0.25, -0.2) is 0 Å². The van der Waals surface area contributed by atoms with Crippen LogP contribution < -0.4 is 14.7 Å². The van der Waals surface area contributed by atoms with Gasteiger partial charge in [0.05, 0.1) is 11.1 Å². The van der Waals surface area contributed by atoms with Crippen LogP contribution in [0, 0.1) is 13.8 Å². The minimum Gasteiger partial charge on any atom is -0.437 e. The van der Waals surface area contributed by atoms with Gasteiger partial charge in [-0.2, -0.15) is 0 Å². The Morgan fingerprint density at radius 2 is 1.09 bits per heavy atom. The van der Waals surface area contributed by atoms with Gasteiger partial charge in [0.2, 0.25) is 0 Å². The summed E-state index contributed by atoms with van der Waals surface area (Å²) in [5, 5.41) is 1.43. The first-order valence-corrected chi connectivity index (χ1v) is 18.7. The molecule has 5 rings (SSSR count). The summed E-state index contributed by atoms with van der Waals surface area (Å²) in [6, 6.07) is 23.4. The van der Waals surface area contributed by atoms with Crippen LogP contribution in [0.25, 0.3) is 0 Å². The minimum atomic E-state index is -1.71. The van der Waals surface area contributed by atoms with Crippen molar-refractivity contribution >= 4 is 34.1 Å². The van der Waals surface area contributed by atoms with Gasteiger partial charge in [0.25, 0.3) is 13.5 Å². The van der Waals surface area contributed by atoms with E-state index in [1.807, 2.05) is 0 Å². The Balaban J connectivity index is 0.000000172. The molecule has 0 bridgehead atoms. The van der Waals surface area contributed by atoms with E-state index in [0.29, 0.717) is 13.5 Å². The molecule has 0 aliphatic carbocycles. The van der Waals surface area contributed by atoms with Crippen molar-refractivity contribution in [3.8, 4) is 11.5 Å². The quantitative estimate of drug-likeness (QED) is 0.442. The Morgan fingerprint density at radius 1 is 0.600 bits per heavy atom. The van der Waals surface area contributed by atoms with Gasteiger partial charge < -0.3 is 9.47 Å². The van der Waals surface area contributed by atoms with Gasteiger partial charge in [-0.05, 0) is 69.8 Å². The number of rotatable bonds is 3. The number of aryl methyl sites for hydroxylation is 2. The topological polar surface area (TPSA) is 24.5 Å². The lowest BCUT2D eigenvalue weighted by Crippen LogP contribution is -2.55. The van der Waals surface area contributed by atoms with Gasteiger partial charge in [0, 0.05) is 5.19 Å². The Morgan fingerprint density at radius 3 is 1.60 bits per heavy atom. The maximum Gasteiger partial charge on any atom is 0.387 e. The lowest BCUT2D eigenvalue weighted by molar-refractivity contribution is -0.438. The highest BCUT2D eigenvalue weighted by atomic mass is 28.3. The molecule has 0 saturated heterocycles. The van der Waals surface area contributed by atoms with Crippen molar-refractivity contribution in [3.05, 3.63) is 89.0 Å². The minimum absolute atomic E-state index is 0.645. The summed E-state index contributed by atoms with van der Waals surface area (Å²) in [4.78, 5) is 0. The average molecular weight is 503 g/mol. The predicted molar refractivity (Wildman–Crippen MR) is 151 cm³/mol. The predicted octanol–water partition coefficient (Wildman–Crippen LogP) is 5.50. The van der Waals surface area contributed by atoms with Gasteiger partial charge in [-0.15, -0.1) is 0 Å². The summed E-state index contributed by atoms with van der Waals surface area (Å²) < 4.78 is 16.6. The fourth-order valence-electron chi connectivity index (χ4n) is 4.35. The number of hydrogen-bond donors (Lipinski definition) is 0. The molecule has 2 heterocycles. The highest BCUT2D eigenvalue weighted by molar-refractivity contribution is 6.83. The van der Waals surface area contributed by atoms with Gasteiger partial charge >= 0.3 is 16.5 Å². The van der Waals surface area contributed by atoms with E-state index in [0.717, 1.165) is 11.5 Å². The molecule has 182 valence electrons. The van der Waals surface area contributed by atoms with Crippen molar-refractivity contribution in [2.45, 2.75) is 46.6 Å². The van der Waals surface area contributed by atoms with E-state index in [9.17, 15) is 0 Å². The van der Waals surface area contributed by atoms with E-state index in [1.54, 1.807) is 0 Å². The summed E-state index contributed by atoms with van der Waals surface area (Å²) in [5.74, 6) is 2.08. The molecule has 6 heteroatoms. The average Bonchev–Trinajstić information content (AvgIpc) is 2.84. The zero-order chi connectivity index (χ0) is 25.2. The van der Waals surface area contributed by atoms with Crippen molar-refractivity contribution < 1.29 is 18.0 Å². The first kappa shape index (κ1) is 25.1. The Labute approximate surface area is 212 Å². The molecular weight excluding hydrogens is 465 g/mol. The molecule has 0 fully saturated rings. The van der Waals surface area contributed by atoms with Crippen LogP contribution in [0.15, 0.2) is 66.7 Å². The van der Waals surface area contributed by atoms with Crippen molar-refractivity contribution in [3.63, 3.8) is 0 Å². The monoisotopic (exact) mass is 502 g/mol. The highest BCUT2D eigenvalue weighted by Crippen LogP contribution is 2.26. The number of fused-ring (bicyclic) bond motifs is 2. The molecule has 3 aromatic carbocycles. The summed E-state index contributed by atoms with van der Waals surface area (Å²) >= 11 is 0. The second-order valence-corrected chi connectivity index (χ2v) is 20.0. The number of ether oxygens (including phenoxy) is 2. The van der Waals surface area contributed by atoms with E-state index >= 15 is 0 Å². The molecule has 0 N–H and O–H groups in total. The Hall–Kier alpha value is -2.97. The van der Waals surface area contributed by atoms with E-state index in [-0.39, 0.29) is 0 Å². The molecule has 0 amide bonds. The number of nitrogens with zero attached hydrogens (tertiary/aromatic N) is 2.